The molecule has 1 N–H and O–H groups in total. The highest BCUT2D eigenvalue weighted by Crippen LogP contribution is 2.29. The normalized spacial score (nSPS) is 10.6. The maximum Gasteiger partial charge on any atom is 0.321 e. The van der Waals surface area contributed by atoms with Crippen LogP contribution in [0.5, 0.6) is 11.8 Å². The zero-order valence-corrected chi connectivity index (χ0v) is 13.0. The monoisotopic (exact) mass is 305 g/mol. The molecule has 1 aromatic carbocycles. The summed E-state index contributed by atoms with van der Waals surface area (Å²) in [6.07, 6.45) is 5.55. The minimum Gasteiger partial charge on any atom is -0.423 e. The fraction of sp³-hybridized carbons (Fsp3) is 0.333. The molecular formula is C15H19N3O2S. The molecule has 0 radical (unpaired) electrons. The lowest BCUT2D eigenvalue weighted by atomic mass is 10.3. The summed E-state index contributed by atoms with van der Waals surface area (Å²) in [6, 6.07) is 8.19. The molecule has 2 aromatic rings. The Morgan fingerprint density at radius 2 is 1.95 bits per heavy atom. The van der Waals surface area contributed by atoms with Crippen molar-refractivity contribution in [2.75, 3.05) is 26.5 Å². The number of hydrogen-bond donors (Lipinski definition) is 1. The summed E-state index contributed by atoms with van der Waals surface area (Å²) in [5, 5.41) is 3.24. The number of nitrogens with one attached hydrogen (secondary N) is 1. The molecule has 0 atom stereocenters. The molecule has 2 rings (SSSR count). The van der Waals surface area contributed by atoms with E-state index in [2.05, 4.69) is 15.3 Å². The molecule has 0 unspecified atom stereocenters. The second kappa shape index (κ2) is 8.61. The third kappa shape index (κ3) is 5.00. The van der Waals surface area contributed by atoms with Gasteiger partial charge in [-0.25, -0.2) is 9.97 Å². The zero-order chi connectivity index (χ0) is 14.9. The van der Waals surface area contributed by atoms with Crippen molar-refractivity contribution < 1.29 is 9.47 Å². The molecule has 1 aromatic heterocycles. The third-order valence-corrected chi connectivity index (χ3v) is 3.54. The van der Waals surface area contributed by atoms with Crippen LogP contribution in [-0.4, -0.2) is 36.5 Å². The molecule has 112 valence electrons. The van der Waals surface area contributed by atoms with Crippen molar-refractivity contribution in [1.82, 2.24) is 15.3 Å². The van der Waals surface area contributed by atoms with Crippen molar-refractivity contribution in [3.63, 3.8) is 0 Å². The van der Waals surface area contributed by atoms with Crippen LogP contribution in [0.25, 0.3) is 0 Å². The summed E-state index contributed by atoms with van der Waals surface area (Å²) in [6.45, 7) is 2.20. The predicted octanol–water partition coefficient (Wildman–Crippen LogP) is 2.73. The molecule has 21 heavy (non-hydrogen) atoms. The highest BCUT2D eigenvalue weighted by Gasteiger charge is 2.05. The van der Waals surface area contributed by atoms with Crippen molar-refractivity contribution in [3.05, 3.63) is 42.2 Å². The first-order valence-corrected chi connectivity index (χ1v) is 7.87. The van der Waals surface area contributed by atoms with E-state index in [-0.39, 0.29) is 0 Å². The lowest BCUT2D eigenvalue weighted by Crippen LogP contribution is -2.18. The third-order valence-electron chi connectivity index (χ3n) is 2.76. The average Bonchev–Trinajstić information content (AvgIpc) is 2.54. The first-order valence-electron chi connectivity index (χ1n) is 6.65. The van der Waals surface area contributed by atoms with Crippen molar-refractivity contribution in [2.45, 2.75) is 11.4 Å². The van der Waals surface area contributed by atoms with Crippen LogP contribution in [0.2, 0.25) is 0 Å². The predicted molar refractivity (Wildman–Crippen MR) is 83.9 cm³/mol. The average molecular weight is 305 g/mol. The van der Waals surface area contributed by atoms with Gasteiger partial charge in [0.05, 0.1) is 6.61 Å². The van der Waals surface area contributed by atoms with Crippen LogP contribution < -0.4 is 10.1 Å². The summed E-state index contributed by atoms with van der Waals surface area (Å²) < 4.78 is 10.7. The van der Waals surface area contributed by atoms with Gasteiger partial charge in [-0.05, 0) is 18.4 Å². The molecular weight excluding hydrogens is 286 g/mol. The molecule has 0 bridgehead atoms. The summed E-state index contributed by atoms with van der Waals surface area (Å²) in [7, 11) is 1.68. The van der Waals surface area contributed by atoms with Crippen LogP contribution in [0.1, 0.15) is 5.56 Å². The molecule has 1 heterocycles. The van der Waals surface area contributed by atoms with Crippen LogP contribution in [0.15, 0.2) is 41.6 Å². The van der Waals surface area contributed by atoms with E-state index in [1.165, 1.54) is 0 Å². The van der Waals surface area contributed by atoms with E-state index < -0.39 is 0 Å². The maximum absolute atomic E-state index is 5.71. The van der Waals surface area contributed by atoms with Gasteiger partial charge in [-0.15, -0.1) is 11.8 Å². The number of hydrogen-bond acceptors (Lipinski definition) is 6. The minimum absolute atomic E-state index is 0.358. The van der Waals surface area contributed by atoms with E-state index in [1.54, 1.807) is 31.3 Å². The van der Waals surface area contributed by atoms with E-state index in [1.807, 2.05) is 30.5 Å². The van der Waals surface area contributed by atoms with Gasteiger partial charge in [-0.2, -0.15) is 0 Å². The number of nitrogens with zero attached hydrogens (tertiary/aromatic N) is 2. The lowest BCUT2D eigenvalue weighted by Gasteiger charge is -2.08. The Labute approximate surface area is 129 Å². The van der Waals surface area contributed by atoms with E-state index >= 15 is 0 Å². The standard InChI is InChI=1S/C15H19N3O2S/c1-19-8-7-16-9-12-10-17-15(18-11-12)20-13-5-3-4-6-14(13)21-2/h3-6,10-11,16H,7-9H2,1-2H3. The molecule has 0 aliphatic heterocycles. The molecule has 0 spiro atoms. The van der Waals surface area contributed by atoms with Gasteiger partial charge in [0, 0.05) is 43.1 Å². The Kier molecular flexibility index (Phi) is 6.46. The summed E-state index contributed by atoms with van der Waals surface area (Å²) in [5.74, 6) is 0.774. The fourth-order valence-electron chi connectivity index (χ4n) is 1.70. The smallest absolute Gasteiger partial charge is 0.321 e. The van der Waals surface area contributed by atoms with Crippen molar-refractivity contribution in [1.29, 1.82) is 0 Å². The van der Waals surface area contributed by atoms with Crippen LogP contribution in [-0.2, 0) is 11.3 Å². The van der Waals surface area contributed by atoms with Gasteiger partial charge in [0.2, 0.25) is 0 Å². The van der Waals surface area contributed by atoms with E-state index in [0.717, 1.165) is 22.8 Å². The number of rotatable bonds is 8. The van der Waals surface area contributed by atoms with Crippen LogP contribution >= 0.6 is 11.8 Å². The second-order valence-corrected chi connectivity index (χ2v) is 5.14. The largest absolute Gasteiger partial charge is 0.423 e. The molecule has 0 aliphatic rings. The lowest BCUT2D eigenvalue weighted by molar-refractivity contribution is 0.199. The molecule has 0 saturated heterocycles. The van der Waals surface area contributed by atoms with Gasteiger partial charge in [-0.1, -0.05) is 12.1 Å². The first kappa shape index (κ1) is 15.8. The van der Waals surface area contributed by atoms with E-state index in [4.69, 9.17) is 9.47 Å². The number of para-hydroxylation sites is 1. The number of thioether (sulfide) groups is 1. The molecule has 0 amide bonds. The molecule has 6 heteroatoms. The van der Waals surface area contributed by atoms with Crippen molar-refractivity contribution >= 4 is 11.8 Å². The highest BCUT2D eigenvalue weighted by molar-refractivity contribution is 7.98. The molecule has 0 saturated carbocycles. The number of aromatic nitrogens is 2. The summed E-state index contributed by atoms with van der Waals surface area (Å²) in [5.41, 5.74) is 1.01. The number of ether oxygens (including phenoxy) is 2. The van der Waals surface area contributed by atoms with Crippen LogP contribution in [0, 0.1) is 0 Å². The zero-order valence-electron chi connectivity index (χ0n) is 12.2. The minimum atomic E-state index is 0.358. The maximum atomic E-state index is 5.71. The van der Waals surface area contributed by atoms with Gasteiger partial charge in [0.1, 0.15) is 5.75 Å². The fourth-order valence-corrected chi connectivity index (χ4v) is 2.22. The van der Waals surface area contributed by atoms with Crippen molar-refractivity contribution in [2.24, 2.45) is 0 Å². The Bertz CT molecular complexity index is 549. The molecule has 0 fully saturated rings. The Hall–Kier alpha value is -1.63. The highest BCUT2D eigenvalue weighted by atomic mass is 32.2. The molecule has 0 aliphatic carbocycles. The summed E-state index contributed by atoms with van der Waals surface area (Å²) in [4.78, 5) is 9.53. The topological polar surface area (TPSA) is 56.3 Å². The first-order chi connectivity index (χ1) is 10.3. The van der Waals surface area contributed by atoms with E-state index in [0.29, 0.717) is 19.2 Å². The second-order valence-electron chi connectivity index (χ2n) is 4.30. The Morgan fingerprint density at radius 1 is 1.19 bits per heavy atom. The van der Waals surface area contributed by atoms with Crippen LogP contribution in [0.4, 0.5) is 0 Å². The quantitative estimate of drug-likeness (QED) is 0.598. The van der Waals surface area contributed by atoms with Gasteiger partial charge in [-0.3, -0.25) is 0 Å². The van der Waals surface area contributed by atoms with Gasteiger partial charge >= 0.3 is 6.01 Å². The number of methoxy groups -OCH3 is 1. The van der Waals surface area contributed by atoms with Crippen molar-refractivity contribution in [3.8, 4) is 11.8 Å². The number of benzene rings is 1. The van der Waals surface area contributed by atoms with Gasteiger partial charge in [0.25, 0.3) is 0 Å². The SMILES string of the molecule is COCCNCc1cnc(Oc2ccccc2SC)nc1. The van der Waals surface area contributed by atoms with Crippen LogP contribution in [0.3, 0.4) is 0 Å². The molecule has 5 nitrogen and oxygen atoms in total. The Balaban J connectivity index is 1.93. The Morgan fingerprint density at radius 3 is 2.67 bits per heavy atom. The summed E-state index contributed by atoms with van der Waals surface area (Å²) >= 11 is 1.63. The van der Waals surface area contributed by atoms with Gasteiger partial charge in [0.15, 0.2) is 0 Å². The van der Waals surface area contributed by atoms with E-state index in [9.17, 15) is 0 Å². The van der Waals surface area contributed by atoms with Gasteiger partial charge < -0.3 is 14.8 Å².